The lowest BCUT2D eigenvalue weighted by Crippen LogP contribution is -2.48. The van der Waals surface area contributed by atoms with Crippen molar-refractivity contribution in [3.05, 3.63) is 0 Å². The molecule has 18 heavy (non-hydrogen) atoms. The van der Waals surface area contributed by atoms with E-state index in [0.717, 1.165) is 0 Å². The first-order valence-corrected chi connectivity index (χ1v) is 7.94. The van der Waals surface area contributed by atoms with Gasteiger partial charge >= 0.3 is 5.97 Å². The molecule has 1 heterocycles. The normalized spacial score (nSPS) is 23.8. The van der Waals surface area contributed by atoms with E-state index in [9.17, 15) is 13.2 Å². The van der Waals surface area contributed by atoms with Crippen LogP contribution >= 0.6 is 0 Å². The maximum atomic E-state index is 11.4. The third-order valence-corrected chi connectivity index (χ3v) is 4.65. The van der Waals surface area contributed by atoms with Crippen LogP contribution in [0.3, 0.4) is 0 Å². The third-order valence-electron chi connectivity index (χ3n) is 2.86. The summed E-state index contributed by atoms with van der Waals surface area (Å²) in [6.45, 7) is 5.51. The zero-order chi connectivity index (χ0) is 13.6. The zero-order valence-corrected chi connectivity index (χ0v) is 11.7. The molecular weight excluding hydrogens is 258 g/mol. The minimum absolute atomic E-state index is 0.00921. The monoisotopic (exact) mass is 279 g/mol. The number of esters is 1. The van der Waals surface area contributed by atoms with E-state index in [1.807, 2.05) is 6.92 Å². The Morgan fingerprint density at radius 3 is 2.78 bits per heavy atom. The minimum Gasteiger partial charge on any atom is -0.464 e. The van der Waals surface area contributed by atoms with Crippen LogP contribution in [0.5, 0.6) is 0 Å². The van der Waals surface area contributed by atoms with Gasteiger partial charge < -0.3 is 9.47 Å². The predicted molar refractivity (Wildman–Crippen MR) is 67.1 cm³/mol. The molecule has 0 spiro atoms. The van der Waals surface area contributed by atoms with Gasteiger partial charge in [0.2, 0.25) is 0 Å². The molecule has 1 aliphatic heterocycles. The van der Waals surface area contributed by atoms with E-state index in [1.54, 1.807) is 6.92 Å². The van der Waals surface area contributed by atoms with E-state index < -0.39 is 9.84 Å². The Morgan fingerprint density at radius 1 is 1.44 bits per heavy atom. The largest absolute Gasteiger partial charge is 0.464 e. The first kappa shape index (κ1) is 15.4. The molecule has 1 saturated heterocycles. The molecule has 1 unspecified atom stereocenters. The third kappa shape index (κ3) is 5.32. The Kier molecular flexibility index (Phi) is 6.04. The molecule has 0 amide bonds. The van der Waals surface area contributed by atoms with Crippen molar-refractivity contribution in [2.24, 2.45) is 0 Å². The molecule has 1 rings (SSSR count). The van der Waals surface area contributed by atoms with E-state index in [-0.39, 0.29) is 30.1 Å². The maximum Gasteiger partial charge on any atom is 0.332 e. The quantitative estimate of drug-likeness (QED) is 0.490. The second-order valence-corrected chi connectivity index (χ2v) is 6.59. The number of hydrogen-bond acceptors (Lipinski definition) is 6. The van der Waals surface area contributed by atoms with Crippen LogP contribution in [0.2, 0.25) is 0 Å². The fraction of sp³-hybridized carbons (Fsp3) is 0.909. The maximum absolute atomic E-state index is 11.4. The molecule has 0 saturated carbocycles. The van der Waals surface area contributed by atoms with Crippen LogP contribution < -0.4 is 0 Å². The van der Waals surface area contributed by atoms with Crippen molar-refractivity contribution >= 4 is 15.8 Å². The lowest BCUT2D eigenvalue weighted by atomic mass is 10.3. The SMILES string of the molecule is CCOC(=O)COCCN1CCS(=O)(=O)CC1C. The van der Waals surface area contributed by atoms with E-state index in [4.69, 9.17) is 9.47 Å². The second kappa shape index (κ2) is 7.06. The average Bonchev–Trinajstić information content (AvgIpc) is 2.26. The lowest BCUT2D eigenvalue weighted by molar-refractivity contribution is -0.148. The van der Waals surface area contributed by atoms with Gasteiger partial charge in [-0.15, -0.1) is 0 Å². The van der Waals surface area contributed by atoms with Crippen LogP contribution in [-0.2, 0) is 24.1 Å². The molecule has 0 aromatic carbocycles. The van der Waals surface area contributed by atoms with Gasteiger partial charge in [0, 0.05) is 19.1 Å². The van der Waals surface area contributed by atoms with Gasteiger partial charge in [0.15, 0.2) is 9.84 Å². The summed E-state index contributed by atoms with van der Waals surface area (Å²) in [5.74, 6) is 0.0341. The number of ether oxygens (including phenoxy) is 2. The molecule has 106 valence electrons. The fourth-order valence-electron chi connectivity index (χ4n) is 1.91. The summed E-state index contributed by atoms with van der Waals surface area (Å²) in [6.07, 6.45) is 0. The molecule has 1 atom stereocenters. The van der Waals surface area contributed by atoms with Crippen LogP contribution in [0.15, 0.2) is 0 Å². The summed E-state index contributed by atoms with van der Waals surface area (Å²) in [4.78, 5) is 13.1. The van der Waals surface area contributed by atoms with Crippen LogP contribution in [-0.4, -0.2) is 69.7 Å². The lowest BCUT2D eigenvalue weighted by Gasteiger charge is -2.32. The van der Waals surface area contributed by atoms with Crippen LogP contribution in [0.25, 0.3) is 0 Å². The van der Waals surface area contributed by atoms with Gasteiger partial charge in [-0.1, -0.05) is 0 Å². The summed E-state index contributed by atoms with van der Waals surface area (Å²) in [5, 5.41) is 0. The van der Waals surface area contributed by atoms with Crippen molar-refractivity contribution in [2.75, 3.05) is 44.4 Å². The van der Waals surface area contributed by atoms with E-state index in [0.29, 0.717) is 26.3 Å². The number of sulfone groups is 1. The molecule has 1 fully saturated rings. The number of hydrogen-bond donors (Lipinski definition) is 0. The van der Waals surface area contributed by atoms with Crippen molar-refractivity contribution in [1.29, 1.82) is 0 Å². The topological polar surface area (TPSA) is 72.9 Å². The van der Waals surface area contributed by atoms with Crippen molar-refractivity contribution < 1.29 is 22.7 Å². The van der Waals surface area contributed by atoms with E-state index in [1.165, 1.54) is 0 Å². The van der Waals surface area contributed by atoms with Gasteiger partial charge in [0.05, 0.1) is 24.7 Å². The van der Waals surface area contributed by atoms with Crippen LogP contribution in [0, 0.1) is 0 Å². The molecule has 0 aromatic rings. The van der Waals surface area contributed by atoms with Crippen molar-refractivity contribution in [3.63, 3.8) is 0 Å². The molecule has 6 nitrogen and oxygen atoms in total. The molecule has 0 radical (unpaired) electrons. The highest BCUT2D eigenvalue weighted by molar-refractivity contribution is 7.91. The van der Waals surface area contributed by atoms with Gasteiger partial charge in [-0.25, -0.2) is 13.2 Å². The highest BCUT2D eigenvalue weighted by Gasteiger charge is 2.27. The molecule has 0 aliphatic carbocycles. The summed E-state index contributed by atoms with van der Waals surface area (Å²) >= 11 is 0. The van der Waals surface area contributed by atoms with Crippen molar-refractivity contribution in [3.8, 4) is 0 Å². The van der Waals surface area contributed by atoms with Crippen molar-refractivity contribution in [1.82, 2.24) is 4.90 Å². The van der Waals surface area contributed by atoms with Gasteiger partial charge in [0.25, 0.3) is 0 Å². The highest BCUT2D eigenvalue weighted by atomic mass is 32.2. The Bertz CT molecular complexity index is 368. The number of carbonyl (C=O) groups excluding carboxylic acids is 1. The van der Waals surface area contributed by atoms with E-state index in [2.05, 4.69) is 4.90 Å². The molecule has 0 bridgehead atoms. The van der Waals surface area contributed by atoms with Crippen LogP contribution in [0.1, 0.15) is 13.8 Å². The summed E-state index contributed by atoms with van der Waals surface area (Å²) in [6, 6.07) is 0.00921. The number of carbonyl (C=O) groups is 1. The molecule has 0 aromatic heterocycles. The zero-order valence-electron chi connectivity index (χ0n) is 10.9. The first-order valence-electron chi connectivity index (χ1n) is 6.12. The highest BCUT2D eigenvalue weighted by Crippen LogP contribution is 2.10. The Morgan fingerprint density at radius 2 is 2.17 bits per heavy atom. The predicted octanol–water partition coefficient (Wildman–Crippen LogP) is -0.315. The van der Waals surface area contributed by atoms with Crippen LogP contribution in [0.4, 0.5) is 0 Å². The number of rotatable bonds is 6. The van der Waals surface area contributed by atoms with Gasteiger partial charge in [-0.05, 0) is 13.8 Å². The summed E-state index contributed by atoms with van der Waals surface area (Å²) in [5.41, 5.74) is 0. The Labute approximate surface area is 108 Å². The van der Waals surface area contributed by atoms with E-state index >= 15 is 0 Å². The Hall–Kier alpha value is -0.660. The second-order valence-electron chi connectivity index (χ2n) is 4.36. The standard InChI is InChI=1S/C11H21NO5S/c1-3-17-11(13)8-16-6-4-12-5-7-18(14,15)9-10(12)2/h10H,3-9H2,1-2H3. The molecule has 1 aliphatic rings. The number of nitrogens with zero attached hydrogens (tertiary/aromatic N) is 1. The smallest absolute Gasteiger partial charge is 0.332 e. The summed E-state index contributed by atoms with van der Waals surface area (Å²) in [7, 11) is -2.87. The summed E-state index contributed by atoms with van der Waals surface area (Å²) < 4.78 is 32.7. The van der Waals surface area contributed by atoms with Gasteiger partial charge in [-0.3, -0.25) is 4.90 Å². The molecule has 7 heteroatoms. The fourth-order valence-corrected chi connectivity index (χ4v) is 3.53. The van der Waals surface area contributed by atoms with Gasteiger partial charge in [-0.2, -0.15) is 0 Å². The average molecular weight is 279 g/mol. The van der Waals surface area contributed by atoms with Gasteiger partial charge in [0.1, 0.15) is 6.61 Å². The Balaban J connectivity index is 2.18. The minimum atomic E-state index is -2.87. The van der Waals surface area contributed by atoms with Crippen molar-refractivity contribution in [2.45, 2.75) is 19.9 Å². The molecule has 0 N–H and O–H groups in total. The first-order chi connectivity index (χ1) is 8.44. The molecular formula is C11H21NO5S.